The number of hydrogen-bond acceptors (Lipinski definition) is 15. The average molecular weight is 861 g/mol. The molecule has 2 fully saturated rings. The van der Waals surface area contributed by atoms with Crippen LogP contribution >= 0.6 is 11.8 Å². The van der Waals surface area contributed by atoms with Crippen LogP contribution in [0, 0.1) is 11.8 Å². The van der Waals surface area contributed by atoms with Crippen molar-refractivity contribution in [2.24, 2.45) is 0 Å². The molecule has 330 valence electrons. The summed E-state index contributed by atoms with van der Waals surface area (Å²) < 4.78 is 40.1. The van der Waals surface area contributed by atoms with Crippen LogP contribution in [0.5, 0.6) is 23.0 Å². The van der Waals surface area contributed by atoms with E-state index in [9.17, 15) is 34.8 Å². The zero-order valence-corrected chi connectivity index (χ0v) is 34.4. The van der Waals surface area contributed by atoms with E-state index in [1.807, 2.05) is 11.8 Å². The van der Waals surface area contributed by atoms with Crippen LogP contribution in [0.15, 0.2) is 24.3 Å². The monoisotopic (exact) mass is 860 g/mol. The number of benzene rings is 2. The molecule has 19 heteroatoms. The number of carbonyl (C=O) groups excluding carboxylic acids is 3. The number of thioether (sulfide) groups is 1. The van der Waals surface area contributed by atoms with Gasteiger partial charge in [0.2, 0.25) is 5.91 Å². The zero-order valence-electron chi connectivity index (χ0n) is 33.5. The van der Waals surface area contributed by atoms with Gasteiger partial charge >= 0.3 is 12.1 Å². The van der Waals surface area contributed by atoms with Crippen LogP contribution in [0.3, 0.4) is 0 Å². The van der Waals surface area contributed by atoms with Gasteiger partial charge in [-0.3, -0.25) is 4.79 Å². The van der Waals surface area contributed by atoms with E-state index in [2.05, 4.69) is 33.1 Å². The lowest BCUT2D eigenvalue weighted by Crippen LogP contribution is -2.36. The number of unbranched alkanes of at least 4 members (excludes halogenated alkanes) is 1. The Labute approximate surface area is 353 Å². The molecule has 1 aliphatic carbocycles. The number of carbonyl (C=O) groups is 3. The minimum atomic E-state index is -0.902. The Kier molecular flexibility index (Phi) is 19.5. The summed E-state index contributed by atoms with van der Waals surface area (Å²) in [6, 6.07) is 6.91. The number of fused-ring (bicyclic) bond motifs is 3. The number of nitrogens with one attached hydrogen (secondary N) is 4. The number of ether oxygens (including phenoxy) is 7. The second kappa shape index (κ2) is 25.2. The second-order valence-corrected chi connectivity index (χ2v) is 15.1. The van der Waals surface area contributed by atoms with Gasteiger partial charge in [-0.05, 0) is 36.6 Å². The summed E-state index contributed by atoms with van der Waals surface area (Å²) in [5, 5.41) is 49.5. The summed E-state index contributed by atoms with van der Waals surface area (Å²) in [4.78, 5) is 37.0. The Bertz CT molecular complexity index is 1770. The van der Waals surface area contributed by atoms with Crippen LogP contribution in [0.25, 0.3) is 0 Å². The Balaban J connectivity index is 1.07. The molecule has 0 spiro atoms. The third-order valence-corrected chi connectivity index (χ3v) is 11.1. The third kappa shape index (κ3) is 14.2. The number of aliphatic hydroxyl groups excluding tert-OH is 4. The van der Waals surface area contributed by atoms with Crippen molar-refractivity contribution in [3.8, 4) is 34.8 Å². The first-order valence-electron chi connectivity index (χ1n) is 20.2. The number of aliphatic hydroxyl groups is 4. The van der Waals surface area contributed by atoms with Gasteiger partial charge in [0.05, 0.1) is 64.9 Å². The molecule has 2 saturated heterocycles. The third-order valence-electron chi connectivity index (χ3n) is 9.55. The molecule has 2 aromatic carbocycles. The number of urea groups is 1. The fourth-order valence-corrected chi connectivity index (χ4v) is 8.35. The molecule has 3 aliphatic rings. The Morgan fingerprint density at radius 3 is 1.95 bits per heavy atom. The number of hydrogen-bond donors (Lipinski definition) is 8. The molecule has 8 N–H and O–H groups in total. The fraction of sp³-hybridized carbons (Fsp3) is 0.585. The molecule has 5 rings (SSSR count). The lowest BCUT2D eigenvalue weighted by Gasteiger charge is -2.24. The van der Waals surface area contributed by atoms with E-state index in [1.165, 1.54) is 0 Å². The Morgan fingerprint density at radius 2 is 1.30 bits per heavy atom. The first-order valence-corrected chi connectivity index (χ1v) is 21.2. The van der Waals surface area contributed by atoms with Crippen molar-refractivity contribution in [1.82, 2.24) is 21.3 Å². The van der Waals surface area contributed by atoms with Crippen molar-refractivity contribution in [3.63, 3.8) is 0 Å². The molecule has 0 bridgehead atoms. The molecule has 0 radical (unpaired) electrons. The van der Waals surface area contributed by atoms with Gasteiger partial charge in [0.25, 0.3) is 0 Å². The summed E-state index contributed by atoms with van der Waals surface area (Å²) >= 11 is 1.87. The van der Waals surface area contributed by atoms with E-state index in [1.54, 1.807) is 24.3 Å². The van der Waals surface area contributed by atoms with Gasteiger partial charge in [-0.25, -0.2) is 9.59 Å². The quantitative estimate of drug-likeness (QED) is 0.0352. The van der Waals surface area contributed by atoms with Crippen LogP contribution in [0.4, 0.5) is 9.59 Å². The van der Waals surface area contributed by atoms with Gasteiger partial charge in [-0.2, -0.15) is 11.8 Å². The van der Waals surface area contributed by atoms with Crippen LogP contribution in [0.2, 0.25) is 0 Å². The second-order valence-electron chi connectivity index (χ2n) is 13.8. The topological polar surface area (TPSA) is 245 Å². The van der Waals surface area contributed by atoms with Crippen LogP contribution in [0.1, 0.15) is 54.0 Å². The Hall–Kier alpha value is -4.68. The van der Waals surface area contributed by atoms with Crippen molar-refractivity contribution in [2.75, 3.05) is 98.1 Å². The molecule has 2 aromatic rings. The van der Waals surface area contributed by atoms with Crippen LogP contribution < -0.4 is 40.2 Å². The van der Waals surface area contributed by atoms with E-state index in [0.717, 1.165) is 25.0 Å². The highest BCUT2D eigenvalue weighted by Crippen LogP contribution is 2.39. The summed E-state index contributed by atoms with van der Waals surface area (Å²) in [5.74, 6) is 8.33. The molecule has 60 heavy (non-hydrogen) atoms. The zero-order chi connectivity index (χ0) is 42.5. The molecule has 0 aromatic heterocycles. The smallest absolute Gasteiger partial charge is 0.407 e. The van der Waals surface area contributed by atoms with Crippen molar-refractivity contribution < 1.29 is 68.0 Å². The maximum Gasteiger partial charge on any atom is 0.407 e. The average Bonchev–Trinajstić information content (AvgIpc) is 3.80. The molecular weight excluding hydrogens is 805 g/mol. The predicted molar refractivity (Wildman–Crippen MR) is 219 cm³/mol. The first kappa shape index (κ1) is 46.4. The summed E-state index contributed by atoms with van der Waals surface area (Å²) in [5.41, 5.74) is 2.18. The van der Waals surface area contributed by atoms with Crippen molar-refractivity contribution >= 4 is 29.8 Å². The molecular formula is C41H56N4O14S. The lowest BCUT2D eigenvalue weighted by molar-refractivity contribution is -0.121. The minimum Gasteiger partial charge on any atom is -0.487 e. The van der Waals surface area contributed by atoms with E-state index in [0.29, 0.717) is 65.2 Å². The maximum atomic E-state index is 13.2. The van der Waals surface area contributed by atoms with Crippen molar-refractivity contribution in [1.29, 1.82) is 0 Å². The first-order chi connectivity index (χ1) is 29.3. The molecule has 2 aliphatic heterocycles. The molecule has 4 atom stereocenters. The SMILES string of the molecule is O=C(CCCC[C@@H]1SC[C@@H]2NC(=O)N[C@@H]21)NCCOCCOCCNC(=O)OC1Cc2cc(OCCO)c(OCCO)cc2C#Cc2cc(OCCO)c(OCCO)cc21. The van der Waals surface area contributed by atoms with Gasteiger partial charge in [-0.1, -0.05) is 18.3 Å². The van der Waals surface area contributed by atoms with Crippen LogP contribution in [-0.2, 0) is 25.4 Å². The highest BCUT2D eigenvalue weighted by molar-refractivity contribution is 8.00. The van der Waals surface area contributed by atoms with Crippen molar-refractivity contribution in [2.45, 2.75) is 55.5 Å². The Morgan fingerprint density at radius 1 is 0.717 bits per heavy atom. The predicted octanol–water partition coefficient (Wildman–Crippen LogP) is 0.769. The van der Waals surface area contributed by atoms with E-state index < -0.39 is 12.2 Å². The minimum absolute atomic E-state index is 0.000382. The molecule has 2 heterocycles. The van der Waals surface area contributed by atoms with Crippen LogP contribution in [-0.4, -0.2) is 154 Å². The molecule has 1 unspecified atom stereocenters. The largest absolute Gasteiger partial charge is 0.487 e. The van der Waals surface area contributed by atoms with Gasteiger partial charge in [-0.15, -0.1) is 0 Å². The number of amides is 4. The van der Waals surface area contributed by atoms with E-state index in [4.69, 9.17) is 33.2 Å². The molecule has 4 amide bonds. The highest BCUT2D eigenvalue weighted by atomic mass is 32.2. The molecule has 18 nitrogen and oxygen atoms in total. The standard InChI is InChI=1S/C41H56N4O14S/c46-9-15-55-33-21-27-5-6-28-22-34(56-16-10-47)36(58-18-12-49)25-30(28)32(23-29(27)24-35(33)57-17-11-48)59-41(52)43-8-14-54-20-19-53-13-7-42-38(50)4-2-1-3-37-39-31(26-60-37)44-40(51)45-39/h21-22,24-25,31-32,37,39,46-49H,1-4,7-20,23,26H2,(H,42,50)(H,43,52)(H2,44,45,51)/t31-,32?,37-,39-/m0/s1. The van der Waals surface area contributed by atoms with Crippen molar-refractivity contribution in [3.05, 3.63) is 46.5 Å². The van der Waals surface area contributed by atoms with E-state index >= 15 is 0 Å². The van der Waals surface area contributed by atoms with Gasteiger partial charge < -0.3 is 74.9 Å². The summed E-state index contributed by atoms with van der Waals surface area (Å²) in [7, 11) is 0. The number of alkyl carbamates (subject to hydrolysis) is 1. The lowest BCUT2D eigenvalue weighted by atomic mass is 9.91. The molecule has 0 saturated carbocycles. The van der Waals surface area contributed by atoms with Gasteiger partial charge in [0.15, 0.2) is 23.0 Å². The fourth-order valence-electron chi connectivity index (χ4n) is 6.80. The van der Waals surface area contributed by atoms with Gasteiger partial charge in [0, 0.05) is 59.7 Å². The highest BCUT2D eigenvalue weighted by Gasteiger charge is 2.42. The van der Waals surface area contributed by atoms with Gasteiger partial charge in [0.1, 0.15) is 32.5 Å². The summed E-state index contributed by atoms with van der Waals surface area (Å²) in [6.45, 7) is 0.552. The number of rotatable bonds is 27. The normalized spacial score (nSPS) is 18.6. The van der Waals surface area contributed by atoms with E-state index in [-0.39, 0.29) is 115 Å². The summed E-state index contributed by atoms with van der Waals surface area (Å²) in [6.07, 6.45) is 1.62. The maximum absolute atomic E-state index is 13.2.